The van der Waals surface area contributed by atoms with Crippen LogP contribution in [0.15, 0.2) is 24.3 Å². The lowest BCUT2D eigenvalue weighted by molar-refractivity contribution is -0.183. The Hall–Kier alpha value is -2.45. The molecule has 190 valence electrons. The fraction of sp³-hybridized carbons (Fsp3) is 0.600. The van der Waals surface area contributed by atoms with Gasteiger partial charge in [-0.1, -0.05) is 63.8 Å². The van der Waals surface area contributed by atoms with Gasteiger partial charge in [0.05, 0.1) is 31.3 Å². The van der Waals surface area contributed by atoms with E-state index < -0.39 is 41.6 Å². The molecule has 0 saturated carbocycles. The summed E-state index contributed by atoms with van der Waals surface area (Å²) in [4.78, 5) is 52.0. The summed E-state index contributed by atoms with van der Waals surface area (Å²) >= 11 is 6.15. The first kappa shape index (κ1) is 29.6. The number of aliphatic hydroxyl groups is 1. The minimum Gasteiger partial charge on any atom is -0.466 e. The van der Waals surface area contributed by atoms with Crippen molar-refractivity contribution in [1.29, 1.82) is 0 Å². The summed E-state index contributed by atoms with van der Waals surface area (Å²) in [6.45, 7) is 5.65. The maximum Gasteiger partial charge on any atom is 0.340 e. The highest BCUT2D eigenvalue weighted by Crippen LogP contribution is 2.31. The maximum absolute atomic E-state index is 13.5. The molecule has 9 heteroatoms. The summed E-state index contributed by atoms with van der Waals surface area (Å²) in [5.41, 5.74) is -2.93. The van der Waals surface area contributed by atoms with Crippen LogP contribution >= 0.6 is 11.6 Å². The van der Waals surface area contributed by atoms with Crippen molar-refractivity contribution < 1.29 is 38.5 Å². The lowest BCUT2D eigenvalue weighted by atomic mass is 9.79. The largest absolute Gasteiger partial charge is 0.466 e. The molecule has 8 nitrogen and oxygen atoms in total. The second-order valence-electron chi connectivity index (χ2n) is 7.96. The summed E-state index contributed by atoms with van der Waals surface area (Å²) in [5.74, 6) is -6.39. The molecule has 0 aliphatic heterocycles. The fourth-order valence-electron chi connectivity index (χ4n) is 3.06. The van der Waals surface area contributed by atoms with E-state index in [1.165, 1.54) is 18.2 Å². The number of ether oxygens (including phenoxy) is 3. The highest BCUT2D eigenvalue weighted by Gasteiger charge is 2.56. The Morgan fingerprint density at radius 3 is 1.97 bits per heavy atom. The number of halogens is 1. The molecule has 0 saturated heterocycles. The van der Waals surface area contributed by atoms with Crippen LogP contribution in [-0.4, -0.2) is 54.2 Å². The van der Waals surface area contributed by atoms with E-state index in [1.807, 2.05) is 20.8 Å². The molecule has 1 N–H and O–H groups in total. The van der Waals surface area contributed by atoms with Crippen molar-refractivity contribution in [3.05, 3.63) is 34.9 Å². The molecule has 0 fully saturated rings. The quantitative estimate of drug-likeness (QED) is 0.118. The van der Waals surface area contributed by atoms with Crippen LogP contribution in [0.1, 0.15) is 76.1 Å². The van der Waals surface area contributed by atoms with Gasteiger partial charge in [-0.3, -0.25) is 14.4 Å². The van der Waals surface area contributed by atoms with E-state index in [9.17, 15) is 24.3 Å². The molecule has 0 radical (unpaired) electrons. The van der Waals surface area contributed by atoms with E-state index in [0.717, 1.165) is 6.42 Å². The zero-order valence-corrected chi connectivity index (χ0v) is 20.9. The van der Waals surface area contributed by atoms with Crippen LogP contribution in [0.2, 0.25) is 5.02 Å². The molecule has 0 aliphatic carbocycles. The number of esters is 3. The average Bonchev–Trinajstić information content (AvgIpc) is 2.79. The van der Waals surface area contributed by atoms with Crippen LogP contribution in [0, 0.1) is 5.92 Å². The fourth-order valence-corrected chi connectivity index (χ4v) is 3.29. The molecule has 0 amide bonds. The third-order valence-electron chi connectivity index (χ3n) is 5.12. The Labute approximate surface area is 205 Å². The predicted molar refractivity (Wildman–Crippen MR) is 126 cm³/mol. The number of carbonyl (C=O) groups is 4. The first-order valence-corrected chi connectivity index (χ1v) is 12.1. The van der Waals surface area contributed by atoms with Crippen LogP contribution < -0.4 is 0 Å². The zero-order valence-electron chi connectivity index (χ0n) is 20.1. The number of carbonyl (C=O) groups excluding carboxylic acids is 4. The van der Waals surface area contributed by atoms with Gasteiger partial charge in [-0.2, -0.15) is 0 Å². The molecule has 2 unspecified atom stereocenters. The van der Waals surface area contributed by atoms with Crippen molar-refractivity contribution >= 4 is 35.3 Å². The van der Waals surface area contributed by atoms with Gasteiger partial charge in [-0.15, -0.1) is 0 Å². The topological polar surface area (TPSA) is 116 Å². The normalized spacial score (nSPS) is 13.4. The van der Waals surface area contributed by atoms with Gasteiger partial charge in [-0.25, -0.2) is 4.79 Å². The number of Topliss-reactive ketones (excluding diaryl/α,β-unsaturated/α-hetero) is 1. The van der Waals surface area contributed by atoms with Gasteiger partial charge in [0, 0.05) is 5.56 Å². The average molecular weight is 499 g/mol. The molecular weight excluding hydrogens is 464 g/mol. The Kier molecular flexibility index (Phi) is 13.4. The lowest BCUT2D eigenvalue weighted by Crippen LogP contribution is -2.55. The Balaban J connectivity index is 3.43. The minimum atomic E-state index is -2.84. The molecule has 34 heavy (non-hydrogen) atoms. The third-order valence-corrected chi connectivity index (χ3v) is 5.45. The Morgan fingerprint density at radius 2 is 1.41 bits per heavy atom. The number of hydrogen-bond donors (Lipinski definition) is 1. The number of ketones is 1. The highest BCUT2D eigenvalue weighted by atomic mass is 35.5. The number of unbranched alkanes of at least 4 members (excludes halogenated alkanes) is 3. The predicted octanol–water partition coefficient (Wildman–Crippen LogP) is 4.29. The summed E-state index contributed by atoms with van der Waals surface area (Å²) in [5, 5.41) is 11.5. The second kappa shape index (κ2) is 15.5. The molecule has 1 aromatic rings. The SMILES string of the molecule is CCCCOC(=O)CC(O)(C(=O)OCCCC)C(C(=O)OCCCC)C(=O)c1ccccc1Cl. The number of benzene rings is 1. The van der Waals surface area contributed by atoms with E-state index >= 15 is 0 Å². The summed E-state index contributed by atoms with van der Waals surface area (Å²) in [6, 6.07) is 5.91. The van der Waals surface area contributed by atoms with Gasteiger partial charge in [0.2, 0.25) is 0 Å². The molecule has 0 bridgehead atoms. The van der Waals surface area contributed by atoms with Gasteiger partial charge in [0.25, 0.3) is 0 Å². The van der Waals surface area contributed by atoms with Gasteiger partial charge < -0.3 is 19.3 Å². The Morgan fingerprint density at radius 1 is 0.882 bits per heavy atom. The zero-order chi connectivity index (χ0) is 25.6. The first-order valence-electron chi connectivity index (χ1n) is 11.7. The van der Waals surface area contributed by atoms with Crippen molar-refractivity contribution in [3.63, 3.8) is 0 Å². The first-order chi connectivity index (χ1) is 16.2. The molecule has 1 rings (SSSR count). The van der Waals surface area contributed by atoms with Gasteiger partial charge >= 0.3 is 17.9 Å². The van der Waals surface area contributed by atoms with E-state index in [0.29, 0.717) is 32.1 Å². The lowest BCUT2D eigenvalue weighted by Gasteiger charge is -2.31. The van der Waals surface area contributed by atoms with Gasteiger partial charge in [0.1, 0.15) is 0 Å². The van der Waals surface area contributed by atoms with Gasteiger partial charge in [-0.05, 0) is 31.4 Å². The van der Waals surface area contributed by atoms with Crippen molar-refractivity contribution in [1.82, 2.24) is 0 Å². The van der Waals surface area contributed by atoms with Gasteiger partial charge in [0.15, 0.2) is 17.3 Å². The second-order valence-corrected chi connectivity index (χ2v) is 8.37. The van der Waals surface area contributed by atoms with Crippen LogP contribution in [0.3, 0.4) is 0 Å². The van der Waals surface area contributed by atoms with E-state index in [-0.39, 0.29) is 30.4 Å². The van der Waals surface area contributed by atoms with Crippen molar-refractivity contribution in [2.24, 2.45) is 5.92 Å². The van der Waals surface area contributed by atoms with Crippen molar-refractivity contribution in [2.75, 3.05) is 19.8 Å². The summed E-state index contributed by atoms with van der Waals surface area (Å²) in [6.07, 6.45) is 2.80. The standard InChI is InChI=1S/C25H35ClO8/c1-4-7-14-32-20(27)17-25(31,24(30)34-16-9-6-3)21(23(29)33-15-8-5-2)22(28)18-12-10-11-13-19(18)26/h10-13,21,31H,4-9,14-17H2,1-3H3. The van der Waals surface area contributed by atoms with Crippen LogP contribution in [-0.2, 0) is 28.6 Å². The monoisotopic (exact) mass is 498 g/mol. The number of rotatable bonds is 16. The smallest absolute Gasteiger partial charge is 0.340 e. The van der Waals surface area contributed by atoms with E-state index in [4.69, 9.17) is 25.8 Å². The van der Waals surface area contributed by atoms with E-state index in [1.54, 1.807) is 6.07 Å². The Bertz CT molecular complexity index is 825. The molecule has 0 aromatic heterocycles. The van der Waals surface area contributed by atoms with Crippen LogP contribution in [0.5, 0.6) is 0 Å². The van der Waals surface area contributed by atoms with Crippen LogP contribution in [0.4, 0.5) is 0 Å². The molecular formula is C25H35ClO8. The molecule has 0 heterocycles. The van der Waals surface area contributed by atoms with Crippen LogP contribution in [0.25, 0.3) is 0 Å². The summed E-state index contributed by atoms with van der Waals surface area (Å²) < 4.78 is 15.5. The third kappa shape index (κ3) is 8.72. The van der Waals surface area contributed by atoms with E-state index in [2.05, 4.69) is 0 Å². The minimum absolute atomic E-state index is 0.0195. The molecule has 0 aliphatic rings. The van der Waals surface area contributed by atoms with Crippen molar-refractivity contribution in [2.45, 2.75) is 71.3 Å². The molecule has 2 atom stereocenters. The molecule has 0 spiro atoms. The highest BCUT2D eigenvalue weighted by molar-refractivity contribution is 6.34. The number of hydrogen-bond acceptors (Lipinski definition) is 8. The van der Waals surface area contributed by atoms with Crippen molar-refractivity contribution in [3.8, 4) is 0 Å². The molecule has 1 aromatic carbocycles. The summed E-state index contributed by atoms with van der Waals surface area (Å²) in [7, 11) is 0. The maximum atomic E-state index is 13.5.